The summed E-state index contributed by atoms with van der Waals surface area (Å²) in [5.74, 6) is -2.88. The molecule has 0 N–H and O–H groups in total. The average Bonchev–Trinajstić information content (AvgIpc) is 3.01. The summed E-state index contributed by atoms with van der Waals surface area (Å²) >= 11 is 6.30. The summed E-state index contributed by atoms with van der Waals surface area (Å²) in [6, 6.07) is 15.7. The molecule has 0 aliphatic carbocycles. The van der Waals surface area contributed by atoms with Gasteiger partial charge in [0.2, 0.25) is 0 Å². The Balaban J connectivity index is 1.31. The fraction of sp³-hybridized carbons (Fsp3) is 0.161. The van der Waals surface area contributed by atoms with Crippen molar-refractivity contribution in [3.8, 4) is 11.4 Å². The van der Waals surface area contributed by atoms with E-state index in [9.17, 15) is 23.6 Å². The Morgan fingerprint density at radius 2 is 1.80 bits per heavy atom. The van der Waals surface area contributed by atoms with Crippen molar-refractivity contribution in [3.63, 3.8) is 0 Å². The van der Waals surface area contributed by atoms with Crippen molar-refractivity contribution in [3.05, 3.63) is 133 Å². The Bertz CT molecular complexity index is 1940. The van der Waals surface area contributed by atoms with Gasteiger partial charge >= 0.3 is 5.97 Å². The molecule has 0 bridgehead atoms. The highest BCUT2D eigenvalue weighted by molar-refractivity contribution is 6.31. The van der Waals surface area contributed by atoms with Gasteiger partial charge in [0.15, 0.2) is 11.5 Å². The molecule has 0 saturated heterocycles. The van der Waals surface area contributed by atoms with Gasteiger partial charge in [-0.15, -0.1) is 0 Å². The minimum atomic E-state index is -1.08. The fourth-order valence-electron chi connectivity index (χ4n) is 4.41. The van der Waals surface area contributed by atoms with Crippen molar-refractivity contribution in [2.75, 3.05) is 0 Å². The van der Waals surface area contributed by atoms with Crippen LogP contribution in [0, 0.1) is 30.7 Å². The van der Waals surface area contributed by atoms with Crippen molar-refractivity contribution >= 4 is 28.3 Å². The van der Waals surface area contributed by atoms with Crippen LogP contribution in [0.1, 0.15) is 46.0 Å². The van der Waals surface area contributed by atoms with Crippen LogP contribution in [0.4, 0.5) is 8.78 Å². The summed E-state index contributed by atoms with van der Waals surface area (Å²) in [6.07, 6.45) is 2.18. The Hall–Kier alpha value is -4.75. The van der Waals surface area contributed by atoms with Crippen LogP contribution >= 0.6 is 11.6 Å². The number of hydroxylamine groups is 2. The molecule has 1 atom stereocenters. The molecule has 44 heavy (non-hydrogen) atoms. The SMILES string of the molecule is Cc1cnc(C(=O)OON([O-])[C@@H](C)c2ccc3ccccc3c2)cc1-n1c(C)cc(OCc2ncc(F)cc2F)c(Cl)c1=O. The number of carbonyl (C=O) groups is 1. The predicted octanol–water partition coefficient (Wildman–Crippen LogP) is 6.47. The number of hydrogen-bond acceptors (Lipinski definition) is 9. The minimum Gasteiger partial charge on any atom is -0.759 e. The van der Waals surface area contributed by atoms with E-state index in [0.29, 0.717) is 22.9 Å². The molecule has 0 amide bonds. The first-order chi connectivity index (χ1) is 21.0. The first-order valence-electron chi connectivity index (χ1n) is 13.2. The van der Waals surface area contributed by atoms with Gasteiger partial charge in [0.25, 0.3) is 5.56 Å². The maximum absolute atomic E-state index is 14.0. The van der Waals surface area contributed by atoms with Crippen LogP contribution in [0.3, 0.4) is 0 Å². The predicted molar refractivity (Wildman–Crippen MR) is 157 cm³/mol. The first-order valence-corrected chi connectivity index (χ1v) is 13.6. The maximum Gasteiger partial charge on any atom is 0.393 e. The number of aryl methyl sites for hydroxylation is 2. The third-order valence-electron chi connectivity index (χ3n) is 6.83. The van der Waals surface area contributed by atoms with E-state index in [1.165, 1.54) is 22.9 Å². The topological polar surface area (TPSA) is 119 Å². The molecule has 10 nitrogen and oxygen atoms in total. The molecule has 0 spiro atoms. The average molecular weight is 622 g/mol. The number of halogens is 3. The number of benzene rings is 2. The highest BCUT2D eigenvalue weighted by atomic mass is 35.5. The van der Waals surface area contributed by atoms with Crippen molar-refractivity contribution in [2.24, 2.45) is 0 Å². The van der Waals surface area contributed by atoms with Crippen molar-refractivity contribution in [1.29, 1.82) is 0 Å². The molecule has 5 rings (SSSR count). The normalized spacial score (nSPS) is 12.0. The second kappa shape index (κ2) is 12.9. The summed E-state index contributed by atoms with van der Waals surface area (Å²) in [7, 11) is 0. The van der Waals surface area contributed by atoms with Gasteiger partial charge in [-0.3, -0.25) is 19.2 Å². The molecule has 226 valence electrons. The number of rotatable bonds is 9. The minimum absolute atomic E-state index is 0.0493. The molecule has 0 fully saturated rings. The van der Waals surface area contributed by atoms with Crippen LogP contribution in [0.15, 0.2) is 77.9 Å². The van der Waals surface area contributed by atoms with E-state index >= 15 is 0 Å². The molecule has 0 unspecified atom stereocenters. The van der Waals surface area contributed by atoms with Gasteiger partial charge in [-0.25, -0.2) is 23.8 Å². The molecule has 0 aliphatic rings. The summed E-state index contributed by atoms with van der Waals surface area (Å²) in [4.78, 5) is 43.2. The van der Waals surface area contributed by atoms with E-state index in [2.05, 4.69) is 9.97 Å². The molecule has 0 radical (unpaired) electrons. The summed E-state index contributed by atoms with van der Waals surface area (Å²) in [5, 5.41) is 14.3. The first kappa shape index (κ1) is 30.7. The quantitative estimate of drug-likeness (QED) is 0.135. The number of fused-ring (bicyclic) bond motifs is 1. The number of nitrogens with zero attached hydrogens (tertiary/aromatic N) is 4. The highest BCUT2D eigenvalue weighted by Gasteiger charge is 2.20. The molecular weight excluding hydrogens is 598 g/mol. The van der Waals surface area contributed by atoms with Gasteiger partial charge in [-0.2, -0.15) is 0 Å². The third kappa shape index (κ3) is 6.43. The highest BCUT2D eigenvalue weighted by Crippen LogP contribution is 2.27. The van der Waals surface area contributed by atoms with Gasteiger partial charge in [-0.05, 0) is 54.8 Å². The fourth-order valence-corrected chi connectivity index (χ4v) is 4.61. The molecular formula is C31H24ClF2N4O6-. The maximum atomic E-state index is 14.0. The van der Waals surface area contributed by atoms with E-state index in [1.54, 1.807) is 26.8 Å². The van der Waals surface area contributed by atoms with E-state index in [4.69, 9.17) is 26.2 Å². The van der Waals surface area contributed by atoms with Crippen LogP contribution in [-0.2, 0) is 16.5 Å². The van der Waals surface area contributed by atoms with Crippen molar-refractivity contribution < 1.29 is 28.2 Å². The van der Waals surface area contributed by atoms with Gasteiger partial charge in [0, 0.05) is 30.1 Å². The van der Waals surface area contributed by atoms with Crippen LogP contribution in [0.2, 0.25) is 5.02 Å². The summed E-state index contributed by atoms with van der Waals surface area (Å²) in [6.45, 7) is 4.43. The Labute approximate surface area is 254 Å². The second-order valence-corrected chi connectivity index (χ2v) is 10.2. The molecule has 3 aromatic heterocycles. The van der Waals surface area contributed by atoms with E-state index < -0.39 is 35.8 Å². The molecule has 0 aliphatic heterocycles. The zero-order chi connectivity index (χ0) is 31.5. The second-order valence-electron chi connectivity index (χ2n) is 9.84. The number of carbonyl (C=O) groups excluding carboxylic acids is 1. The third-order valence-corrected chi connectivity index (χ3v) is 7.18. The molecule has 2 aromatic carbocycles. The lowest BCUT2D eigenvalue weighted by atomic mass is 10.0. The van der Waals surface area contributed by atoms with E-state index in [0.717, 1.165) is 17.0 Å². The van der Waals surface area contributed by atoms with Crippen LogP contribution in [-0.4, -0.2) is 25.7 Å². The molecule has 0 saturated carbocycles. The largest absolute Gasteiger partial charge is 0.759 e. The molecule has 13 heteroatoms. The van der Waals surface area contributed by atoms with Crippen LogP contribution in [0.5, 0.6) is 5.75 Å². The number of aromatic nitrogens is 3. The van der Waals surface area contributed by atoms with E-state index in [1.807, 2.05) is 36.4 Å². The van der Waals surface area contributed by atoms with Crippen molar-refractivity contribution in [2.45, 2.75) is 33.4 Å². The Kier molecular flexibility index (Phi) is 8.97. The Morgan fingerprint density at radius 1 is 1.05 bits per heavy atom. The molecule has 5 aromatic rings. The summed E-state index contributed by atoms with van der Waals surface area (Å²) < 4.78 is 33.8. The smallest absolute Gasteiger partial charge is 0.393 e. The standard InChI is InChI=1S/C31H24ClF2N4O6/c1-17-14-35-25(31(40)43-44-38(41)19(3)21-9-8-20-6-4-5-7-22(20)11-21)13-27(17)37-18(2)10-28(29(32)30(37)39)42-16-26-24(34)12-23(33)15-36-26/h4-15,19H,16H2,1-3H3/q-1/t19-/m0/s1. The van der Waals surface area contributed by atoms with Gasteiger partial charge in [0.1, 0.15) is 28.9 Å². The van der Waals surface area contributed by atoms with Gasteiger partial charge in [0.05, 0.1) is 11.9 Å². The lowest BCUT2D eigenvalue weighted by Crippen LogP contribution is -2.25. The summed E-state index contributed by atoms with van der Waals surface area (Å²) in [5.41, 5.74) is 0.614. The van der Waals surface area contributed by atoms with Crippen LogP contribution in [0.25, 0.3) is 16.5 Å². The Morgan fingerprint density at radius 3 is 2.55 bits per heavy atom. The lowest BCUT2D eigenvalue weighted by molar-refractivity contribution is -0.381. The number of ether oxygens (including phenoxy) is 1. The zero-order valence-electron chi connectivity index (χ0n) is 23.6. The zero-order valence-corrected chi connectivity index (χ0v) is 24.3. The number of pyridine rings is 3. The van der Waals surface area contributed by atoms with Gasteiger partial charge in [-0.1, -0.05) is 53.0 Å². The van der Waals surface area contributed by atoms with E-state index in [-0.39, 0.29) is 33.1 Å². The number of hydrogen-bond donors (Lipinski definition) is 0. The van der Waals surface area contributed by atoms with Crippen LogP contribution < -0.4 is 10.3 Å². The monoisotopic (exact) mass is 621 g/mol. The molecule has 3 heterocycles. The van der Waals surface area contributed by atoms with Crippen molar-refractivity contribution in [1.82, 2.24) is 19.8 Å². The van der Waals surface area contributed by atoms with Gasteiger partial charge < -0.3 is 9.94 Å². The lowest BCUT2D eigenvalue weighted by Gasteiger charge is -2.30.